The molecule has 0 aliphatic carbocycles. The van der Waals surface area contributed by atoms with E-state index in [0.717, 1.165) is 34.3 Å². The largest absolute Gasteiger partial charge is 0.416 e. The van der Waals surface area contributed by atoms with Gasteiger partial charge in [-0.25, -0.2) is 8.42 Å². The maximum absolute atomic E-state index is 13.1. The molecule has 4 rings (SSSR count). The van der Waals surface area contributed by atoms with Crippen molar-refractivity contribution in [3.63, 3.8) is 0 Å². The highest BCUT2D eigenvalue weighted by atomic mass is 32.2. The monoisotopic (exact) mass is 558 g/mol. The number of aliphatic hydroxyl groups excluding tert-OH is 1. The fraction of sp³-hybridized carbons (Fsp3) is 0.276. The summed E-state index contributed by atoms with van der Waals surface area (Å²) < 4.78 is 64.9. The normalized spacial score (nSPS) is 13.0. The highest BCUT2D eigenvalue weighted by Gasteiger charge is 2.30. The molecule has 0 bridgehead atoms. The Morgan fingerprint density at radius 3 is 2.21 bits per heavy atom. The predicted molar refractivity (Wildman–Crippen MR) is 143 cm³/mol. The highest BCUT2D eigenvalue weighted by molar-refractivity contribution is 7.91. The SMILES string of the molecule is CCn1c(Cc2ccc(C(F)(F)F)cc2)cc2cc(C(=O)NC(CO)c3ccc(S(=O)(=O)CC)cc3)ccc21. The fourth-order valence-corrected chi connectivity index (χ4v) is 5.44. The number of aliphatic hydroxyl groups is 1. The number of aryl methyl sites for hydroxylation is 1. The fourth-order valence-electron chi connectivity index (χ4n) is 4.56. The minimum atomic E-state index is -4.39. The van der Waals surface area contributed by atoms with Gasteiger partial charge < -0.3 is 15.0 Å². The molecule has 10 heteroatoms. The molecule has 0 saturated carbocycles. The Morgan fingerprint density at radius 1 is 0.974 bits per heavy atom. The van der Waals surface area contributed by atoms with E-state index in [-0.39, 0.29) is 17.3 Å². The molecule has 0 saturated heterocycles. The van der Waals surface area contributed by atoms with Crippen LogP contribution in [-0.2, 0) is 29.0 Å². The van der Waals surface area contributed by atoms with Gasteiger partial charge in [0, 0.05) is 35.1 Å². The molecule has 3 aromatic carbocycles. The smallest absolute Gasteiger partial charge is 0.394 e. The molecule has 1 amide bonds. The molecule has 4 aromatic rings. The third kappa shape index (κ3) is 6.17. The molecular weight excluding hydrogens is 529 g/mol. The quantitative estimate of drug-likeness (QED) is 0.283. The molecule has 0 spiro atoms. The standard InChI is InChI=1S/C29H29F3N2O4S/c1-3-34-24(15-19-5-10-23(11-6-19)29(30,31)32)17-22-16-21(9-14-27(22)34)28(36)33-26(18-35)20-7-12-25(13-8-20)39(37,38)4-2/h5-14,16-17,26,35H,3-4,15,18H2,1-2H3,(H,33,36). The van der Waals surface area contributed by atoms with E-state index in [1.807, 2.05) is 19.1 Å². The van der Waals surface area contributed by atoms with Crippen molar-refractivity contribution in [2.24, 2.45) is 0 Å². The van der Waals surface area contributed by atoms with Gasteiger partial charge in [-0.15, -0.1) is 0 Å². The van der Waals surface area contributed by atoms with Gasteiger partial charge in [-0.3, -0.25) is 4.79 Å². The number of sulfone groups is 1. The molecule has 1 aromatic heterocycles. The summed E-state index contributed by atoms with van der Waals surface area (Å²) in [5, 5.41) is 13.5. The van der Waals surface area contributed by atoms with Gasteiger partial charge in [0.2, 0.25) is 0 Å². The van der Waals surface area contributed by atoms with E-state index < -0.39 is 33.5 Å². The first-order valence-corrected chi connectivity index (χ1v) is 14.1. The highest BCUT2D eigenvalue weighted by Crippen LogP contribution is 2.30. The number of hydrogen-bond acceptors (Lipinski definition) is 4. The van der Waals surface area contributed by atoms with Crippen LogP contribution in [0.4, 0.5) is 13.2 Å². The lowest BCUT2D eigenvalue weighted by atomic mass is 10.1. The molecule has 0 radical (unpaired) electrons. The topological polar surface area (TPSA) is 88.4 Å². The molecule has 1 unspecified atom stereocenters. The van der Waals surface area contributed by atoms with Crippen LogP contribution in [0.25, 0.3) is 10.9 Å². The zero-order chi connectivity index (χ0) is 28.4. The van der Waals surface area contributed by atoms with E-state index in [1.165, 1.54) is 24.3 Å². The summed E-state index contributed by atoms with van der Waals surface area (Å²) in [7, 11) is -3.36. The average molecular weight is 559 g/mol. The van der Waals surface area contributed by atoms with Crippen molar-refractivity contribution in [3.05, 3.63) is 101 Å². The van der Waals surface area contributed by atoms with Gasteiger partial charge in [0.05, 0.1) is 28.9 Å². The van der Waals surface area contributed by atoms with Crippen molar-refractivity contribution in [2.45, 2.75) is 43.9 Å². The van der Waals surface area contributed by atoms with Crippen molar-refractivity contribution < 1.29 is 31.5 Å². The second-order valence-electron chi connectivity index (χ2n) is 9.21. The number of halogens is 3. The Balaban J connectivity index is 1.54. The molecule has 0 fully saturated rings. The second kappa shape index (κ2) is 11.2. The first kappa shape index (κ1) is 28.4. The van der Waals surface area contributed by atoms with Gasteiger partial charge in [-0.2, -0.15) is 13.2 Å². The number of carbonyl (C=O) groups is 1. The van der Waals surface area contributed by atoms with Crippen LogP contribution in [0.1, 0.15) is 52.6 Å². The number of fused-ring (bicyclic) bond motifs is 1. The Kier molecular flexibility index (Phi) is 8.17. The summed E-state index contributed by atoms with van der Waals surface area (Å²) in [5.74, 6) is -0.435. The molecule has 6 nitrogen and oxygen atoms in total. The first-order valence-electron chi connectivity index (χ1n) is 12.5. The maximum Gasteiger partial charge on any atom is 0.416 e. The molecule has 1 atom stereocenters. The predicted octanol–water partition coefficient (Wildman–Crippen LogP) is 5.53. The van der Waals surface area contributed by atoms with Crippen LogP contribution >= 0.6 is 0 Å². The van der Waals surface area contributed by atoms with Crippen molar-refractivity contribution in [3.8, 4) is 0 Å². The van der Waals surface area contributed by atoms with E-state index >= 15 is 0 Å². The summed E-state index contributed by atoms with van der Waals surface area (Å²) in [6.07, 6.45) is -3.96. The van der Waals surface area contributed by atoms with Crippen LogP contribution in [0, 0.1) is 0 Å². The van der Waals surface area contributed by atoms with Crippen LogP contribution in [0.3, 0.4) is 0 Å². The Hall–Kier alpha value is -3.63. The van der Waals surface area contributed by atoms with Crippen LogP contribution in [-0.4, -0.2) is 36.4 Å². The van der Waals surface area contributed by atoms with Gasteiger partial charge in [0.1, 0.15) is 0 Å². The lowest BCUT2D eigenvalue weighted by Gasteiger charge is -2.17. The summed E-state index contributed by atoms with van der Waals surface area (Å²) in [6, 6.07) is 17.6. The molecule has 0 aliphatic rings. The Labute approximate surface area is 225 Å². The second-order valence-corrected chi connectivity index (χ2v) is 11.5. The maximum atomic E-state index is 13.1. The van der Waals surface area contributed by atoms with E-state index in [0.29, 0.717) is 24.1 Å². The van der Waals surface area contributed by atoms with E-state index in [9.17, 15) is 31.5 Å². The molecule has 39 heavy (non-hydrogen) atoms. The number of alkyl halides is 3. The third-order valence-corrected chi connectivity index (χ3v) is 8.49. The molecular formula is C29H29F3N2O4S. The molecule has 1 heterocycles. The summed E-state index contributed by atoms with van der Waals surface area (Å²) >= 11 is 0. The van der Waals surface area contributed by atoms with Crippen molar-refractivity contribution in [1.29, 1.82) is 0 Å². The summed E-state index contributed by atoms with van der Waals surface area (Å²) in [5.41, 5.74) is 2.78. The van der Waals surface area contributed by atoms with E-state index in [1.54, 1.807) is 31.2 Å². The third-order valence-electron chi connectivity index (χ3n) is 6.74. The first-order chi connectivity index (χ1) is 18.5. The number of nitrogens with zero attached hydrogens (tertiary/aromatic N) is 1. The summed E-state index contributed by atoms with van der Waals surface area (Å²) in [6.45, 7) is 3.79. The van der Waals surface area contributed by atoms with Crippen LogP contribution in [0.5, 0.6) is 0 Å². The van der Waals surface area contributed by atoms with Crippen molar-refractivity contribution >= 4 is 26.6 Å². The van der Waals surface area contributed by atoms with Crippen molar-refractivity contribution in [2.75, 3.05) is 12.4 Å². The van der Waals surface area contributed by atoms with Crippen molar-refractivity contribution in [1.82, 2.24) is 9.88 Å². The number of nitrogens with one attached hydrogen (secondary N) is 1. The van der Waals surface area contributed by atoms with Gasteiger partial charge in [0.25, 0.3) is 5.91 Å². The minimum absolute atomic E-state index is 0.0270. The number of benzene rings is 3. The number of aromatic nitrogens is 1. The van der Waals surface area contributed by atoms with Gasteiger partial charge >= 0.3 is 6.18 Å². The average Bonchev–Trinajstić information content (AvgIpc) is 3.27. The van der Waals surface area contributed by atoms with Gasteiger partial charge in [-0.05, 0) is 66.6 Å². The zero-order valence-electron chi connectivity index (χ0n) is 21.5. The minimum Gasteiger partial charge on any atom is -0.394 e. The van der Waals surface area contributed by atoms with Gasteiger partial charge in [-0.1, -0.05) is 31.2 Å². The summed E-state index contributed by atoms with van der Waals surface area (Å²) in [4.78, 5) is 13.2. The lowest BCUT2D eigenvalue weighted by molar-refractivity contribution is -0.137. The zero-order valence-corrected chi connectivity index (χ0v) is 22.3. The lowest BCUT2D eigenvalue weighted by Crippen LogP contribution is -2.30. The Morgan fingerprint density at radius 2 is 1.64 bits per heavy atom. The van der Waals surface area contributed by atoms with E-state index in [4.69, 9.17) is 0 Å². The van der Waals surface area contributed by atoms with Crippen LogP contribution in [0.15, 0.2) is 77.7 Å². The van der Waals surface area contributed by atoms with Gasteiger partial charge in [0.15, 0.2) is 9.84 Å². The van der Waals surface area contributed by atoms with Crippen LogP contribution < -0.4 is 5.32 Å². The van der Waals surface area contributed by atoms with E-state index in [2.05, 4.69) is 9.88 Å². The number of hydrogen-bond donors (Lipinski definition) is 2. The Bertz CT molecular complexity index is 1580. The number of rotatable bonds is 9. The van der Waals surface area contributed by atoms with Crippen LogP contribution in [0.2, 0.25) is 0 Å². The molecule has 0 aliphatic heterocycles. The molecule has 2 N–H and O–H groups in total. The number of amides is 1. The number of carbonyl (C=O) groups excluding carboxylic acids is 1. The molecule has 206 valence electrons.